The van der Waals surface area contributed by atoms with Crippen molar-refractivity contribution < 1.29 is 13.7 Å². The number of hydrogen-bond donors (Lipinski definition) is 0. The van der Waals surface area contributed by atoms with Crippen LogP contribution in [0.3, 0.4) is 0 Å². The Bertz CT molecular complexity index is 4360. The van der Waals surface area contributed by atoms with E-state index in [0.29, 0.717) is 6.42 Å². The van der Waals surface area contributed by atoms with Gasteiger partial charge in [-0.2, -0.15) is 9.13 Å². The number of nitrogens with zero attached hydrogens (tertiary/aromatic N) is 5. The zero-order valence-electron chi connectivity index (χ0n) is 47.2. The summed E-state index contributed by atoms with van der Waals surface area (Å²) >= 11 is 0. The first-order valence-corrected chi connectivity index (χ1v) is 28.8. The maximum Gasteiger partial charge on any atom is 0.256 e. The molecule has 0 spiro atoms. The summed E-state index contributed by atoms with van der Waals surface area (Å²) in [6.07, 6.45) is 15.1. The summed E-state index contributed by atoms with van der Waals surface area (Å²) in [6, 6.07) is 99.0. The number of anilines is 6. The largest absolute Gasteiger partial charge is 0.311 e. The van der Waals surface area contributed by atoms with Crippen molar-refractivity contribution in [2.75, 3.05) is 9.80 Å². The molecule has 0 atom stereocenters. The third-order valence-corrected chi connectivity index (χ3v) is 16.2. The Kier molecular flexibility index (Phi) is 14.9. The molecule has 9 aromatic carbocycles. The summed E-state index contributed by atoms with van der Waals surface area (Å²) in [6.45, 7) is 7.98. The van der Waals surface area contributed by atoms with E-state index in [9.17, 15) is 0 Å². The van der Waals surface area contributed by atoms with Crippen molar-refractivity contribution in [3.8, 4) is 56.0 Å². The van der Waals surface area contributed by atoms with Crippen molar-refractivity contribution >= 4 is 58.2 Å². The van der Waals surface area contributed by atoms with Crippen molar-refractivity contribution in [3.05, 3.63) is 333 Å². The summed E-state index contributed by atoms with van der Waals surface area (Å²) in [5, 5.41) is 0. The molecule has 3 aromatic heterocycles. The molecule has 84 heavy (non-hydrogen) atoms. The second-order valence-electron chi connectivity index (χ2n) is 21.4. The van der Waals surface area contributed by atoms with Gasteiger partial charge in [-0.25, -0.2) is 4.57 Å². The fourth-order valence-electron chi connectivity index (χ4n) is 11.9. The summed E-state index contributed by atoms with van der Waals surface area (Å²) < 4.78 is 7.00. The van der Waals surface area contributed by atoms with Gasteiger partial charge in [0.2, 0.25) is 23.3 Å². The molecule has 1 aliphatic heterocycles. The molecule has 0 bridgehead atoms. The minimum atomic E-state index is 0.634. The number of pyridine rings is 3. The second kappa shape index (κ2) is 23.8. The Morgan fingerprint density at radius 2 is 0.810 bits per heavy atom. The van der Waals surface area contributed by atoms with Crippen molar-refractivity contribution in [1.29, 1.82) is 0 Å². The van der Waals surface area contributed by atoms with Gasteiger partial charge in [-0.15, -0.1) is 0 Å². The standard InChI is InChI=1S/C79H64N5/c1-4-58-29-43-69(44-30-58)83(67-21-8-6-9-22-67)71-47-39-60(40-48-71)64-36-35-63-34-33-62-20-12-13-25-74(62)78-27-15-18-52-81(78)57-73(82-53-19-16-28-79(82)75(63)55-64)54-66-38-37-65(56-76(66)77-26-14-17-51-80(77)3)61-41-49-72(50-42-61)84(68-23-10-7-11-24-68)70-45-31-59(5-2)32-46-70/h4-32,35-53,55-57H,1-2,33-34,54H2,3H3/q+3/b73-57-. The van der Waals surface area contributed by atoms with E-state index in [4.69, 9.17) is 0 Å². The van der Waals surface area contributed by atoms with E-state index in [-0.39, 0.29) is 0 Å². The lowest BCUT2D eigenvalue weighted by Crippen LogP contribution is -2.40. The molecule has 4 heterocycles. The fourth-order valence-corrected chi connectivity index (χ4v) is 11.9. The van der Waals surface area contributed by atoms with Crippen LogP contribution < -0.4 is 23.5 Å². The van der Waals surface area contributed by atoms with Gasteiger partial charge in [0.05, 0.1) is 17.5 Å². The molecule has 0 aliphatic carbocycles. The van der Waals surface area contributed by atoms with Gasteiger partial charge >= 0.3 is 0 Å². The SMILES string of the molecule is C=Cc1ccc(N(c2ccccc2)c2ccc(-c3ccc(C/C4=C/[n+]5ccccc5-c5ccccc5CCc5ccc(-c6ccc(N(c7ccccc7)c7ccc(C=C)cc7)cc6)cc5-c5cccc[n+]54)c(-c4cccc[n+]4C)c3)cc2)cc1. The highest BCUT2D eigenvalue weighted by atomic mass is 15.1. The van der Waals surface area contributed by atoms with Crippen molar-refractivity contribution in [2.45, 2.75) is 19.3 Å². The van der Waals surface area contributed by atoms with Gasteiger partial charge in [-0.05, 0) is 172 Å². The van der Waals surface area contributed by atoms with Crippen LogP contribution in [0.2, 0.25) is 0 Å². The Labute approximate surface area is 493 Å². The molecule has 12 aromatic rings. The van der Waals surface area contributed by atoms with Crippen LogP contribution in [-0.2, 0) is 26.3 Å². The third-order valence-electron chi connectivity index (χ3n) is 16.2. The zero-order chi connectivity index (χ0) is 56.8. The Morgan fingerprint density at radius 1 is 0.369 bits per heavy atom. The summed E-state index contributed by atoms with van der Waals surface area (Å²) in [7, 11) is 2.15. The fraction of sp³-hybridized carbons (Fsp3) is 0.0506. The highest BCUT2D eigenvalue weighted by Crippen LogP contribution is 2.40. The van der Waals surface area contributed by atoms with Crippen molar-refractivity contribution in [3.63, 3.8) is 0 Å². The number of allylic oxidation sites excluding steroid dienone is 1. The quantitative estimate of drug-likeness (QED) is 0.107. The molecule has 0 unspecified atom stereocenters. The van der Waals surface area contributed by atoms with Crippen LogP contribution in [0.1, 0.15) is 27.8 Å². The second-order valence-corrected chi connectivity index (χ2v) is 21.4. The predicted molar refractivity (Wildman–Crippen MR) is 349 cm³/mol. The van der Waals surface area contributed by atoms with Crippen LogP contribution in [0.25, 0.3) is 80.1 Å². The van der Waals surface area contributed by atoms with Gasteiger partial charge in [0.15, 0.2) is 18.6 Å². The molecule has 13 rings (SSSR count). The maximum absolute atomic E-state index is 3.99. The van der Waals surface area contributed by atoms with Crippen LogP contribution in [0.4, 0.5) is 34.1 Å². The smallest absolute Gasteiger partial charge is 0.256 e. The Hall–Kier alpha value is -10.8. The number of para-hydroxylation sites is 2. The van der Waals surface area contributed by atoms with E-state index < -0.39 is 0 Å². The monoisotopic (exact) mass is 1080 g/mol. The molecule has 0 amide bonds. The average molecular weight is 1080 g/mol. The predicted octanol–water partition coefficient (Wildman–Crippen LogP) is 18.4. The van der Waals surface area contributed by atoms with Crippen molar-refractivity contribution in [1.82, 2.24) is 0 Å². The van der Waals surface area contributed by atoms with Gasteiger partial charge in [-0.3, -0.25) is 0 Å². The van der Waals surface area contributed by atoms with Crippen LogP contribution in [0, 0.1) is 0 Å². The van der Waals surface area contributed by atoms with E-state index in [2.05, 4.69) is 341 Å². The number of aromatic nitrogens is 3. The van der Waals surface area contributed by atoms with Crippen LogP contribution in [0.5, 0.6) is 0 Å². The molecule has 402 valence electrons. The topological polar surface area (TPSA) is 18.1 Å². The van der Waals surface area contributed by atoms with Crippen molar-refractivity contribution in [2.24, 2.45) is 7.05 Å². The lowest BCUT2D eigenvalue weighted by atomic mass is 9.91. The highest BCUT2D eigenvalue weighted by molar-refractivity contribution is 5.83. The van der Waals surface area contributed by atoms with Crippen LogP contribution in [-0.4, -0.2) is 0 Å². The van der Waals surface area contributed by atoms with Gasteiger partial charge in [0.1, 0.15) is 7.05 Å². The number of aryl methyl sites for hydroxylation is 3. The molecular formula is C79H64N5+3. The molecule has 0 saturated heterocycles. The summed E-state index contributed by atoms with van der Waals surface area (Å²) in [5.41, 5.74) is 25.3. The van der Waals surface area contributed by atoms with Crippen LogP contribution in [0.15, 0.2) is 305 Å². The first-order valence-electron chi connectivity index (χ1n) is 28.8. The average Bonchev–Trinajstić information content (AvgIpc) is 3.44. The lowest BCUT2D eigenvalue weighted by molar-refractivity contribution is -0.660. The molecule has 5 nitrogen and oxygen atoms in total. The van der Waals surface area contributed by atoms with E-state index in [1.165, 1.54) is 33.4 Å². The number of benzene rings is 9. The summed E-state index contributed by atoms with van der Waals surface area (Å²) in [5.74, 6) is 0. The molecule has 1 aliphatic rings. The summed E-state index contributed by atoms with van der Waals surface area (Å²) in [4.78, 5) is 4.61. The van der Waals surface area contributed by atoms with E-state index in [1.54, 1.807) is 0 Å². The molecule has 0 fully saturated rings. The normalized spacial score (nSPS) is 12.4. The lowest BCUT2D eigenvalue weighted by Gasteiger charge is -2.25. The molecule has 0 saturated carbocycles. The maximum atomic E-state index is 3.99. The van der Waals surface area contributed by atoms with E-state index in [1.807, 2.05) is 12.2 Å². The van der Waals surface area contributed by atoms with Gasteiger partial charge < -0.3 is 9.80 Å². The zero-order valence-corrected chi connectivity index (χ0v) is 47.2. The first kappa shape index (κ1) is 52.6. The molecule has 0 radical (unpaired) electrons. The minimum absolute atomic E-state index is 0.634. The Balaban J connectivity index is 0.921. The highest BCUT2D eigenvalue weighted by Gasteiger charge is 2.29. The first-order chi connectivity index (χ1) is 41.5. The number of rotatable bonds is 13. The molecular weight excluding hydrogens is 1020 g/mol. The molecule has 0 N–H and O–H groups in total. The minimum Gasteiger partial charge on any atom is -0.311 e. The van der Waals surface area contributed by atoms with Gasteiger partial charge in [-0.1, -0.05) is 153 Å². The van der Waals surface area contributed by atoms with Gasteiger partial charge in [0.25, 0.3) is 5.70 Å². The van der Waals surface area contributed by atoms with E-state index in [0.717, 1.165) is 103 Å². The Morgan fingerprint density at radius 3 is 1.38 bits per heavy atom. The number of hydrogen-bond acceptors (Lipinski definition) is 2. The number of fused-ring (bicyclic) bond motifs is 6. The van der Waals surface area contributed by atoms with Gasteiger partial charge in [0, 0.05) is 76.1 Å². The third kappa shape index (κ3) is 10.8. The van der Waals surface area contributed by atoms with E-state index >= 15 is 0 Å². The molecule has 5 heteroatoms. The van der Waals surface area contributed by atoms with Crippen LogP contribution >= 0.6 is 0 Å².